The van der Waals surface area contributed by atoms with Crippen molar-refractivity contribution in [1.29, 1.82) is 0 Å². The summed E-state index contributed by atoms with van der Waals surface area (Å²) < 4.78 is 0. The van der Waals surface area contributed by atoms with Gasteiger partial charge < -0.3 is 31.9 Å². The molecule has 0 aliphatic heterocycles. The molecule has 10 nitrogen and oxygen atoms in total. The van der Waals surface area contributed by atoms with Crippen LogP contribution in [0.5, 0.6) is 0 Å². The summed E-state index contributed by atoms with van der Waals surface area (Å²) >= 11 is 1.46. The number of nitrogens with two attached hydrogens (primary N) is 1. The van der Waals surface area contributed by atoms with Gasteiger partial charge in [0.15, 0.2) is 0 Å². The monoisotopic (exact) mass is 392 g/mol. The Morgan fingerprint density at radius 1 is 0.962 bits per heavy atom. The summed E-state index contributed by atoms with van der Waals surface area (Å²) in [4.78, 5) is 47.1. The van der Waals surface area contributed by atoms with Crippen molar-refractivity contribution in [2.45, 2.75) is 57.5 Å². The molecule has 0 aliphatic carbocycles. The van der Waals surface area contributed by atoms with E-state index >= 15 is 0 Å². The molecule has 0 aromatic heterocycles. The van der Waals surface area contributed by atoms with Crippen LogP contribution in [0.3, 0.4) is 0 Å². The van der Waals surface area contributed by atoms with Crippen molar-refractivity contribution in [3.63, 3.8) is 0 Å². The number of amides is 3. The fraction of sp³-hybridized carbons (Fsp3) is 0.733. The van der Waals surface area contributed by atoms with Gasteiger partial charge in [-0.15, -0.1) is 0 Å². The second-order valence-electron chi connectivity index (χ2n) is 5.91. The van der Waals surface area contributed by atoms with Gasteiger partial charge in [0.25, 0.3) is 0 Å². The fourth-order valence-electron chi connectivity index (χ4n) is 1.77. The first kappa shape index (κ1) is 24.1. The molecule has 0 spiro atoms. The maximum Gasteiger partial charge on any atom is 0.325 e. The lowest BCUT2D eigenvalue weighted by atomic mass is 10.1. The van der Waals surface area contributed by atoms with Crippen LogP contribution in [0.1, 0.15) is 27.2 Å². The molecule has 0 unspecified atom stereocenters. The van der Waals surface area contributed by atoms with Crippen LogP contribution in [0.2, 0.25) is 0 Å². The predicted octanol–water partition coefficient (Wildman–Crippen LogP) is -1.97. The minimum absolute atomic E-state index is 0.291. The molecular formula is C15H28N4O6S. The molecule has 11 heteroatoms. The number of hydrogen-bond donors (Lipinski definition) is 6. The van der Waals surface area contributed by atoms with Gasteiger partial charge in [-0.1, -0.05) is 0 Å². The molecule has 5 atom stereocenters. The summed E-state index contributed by atoms with van der Waals surface area (Å²) in [5.41, 5.74) is 5.49. The topological polar surface area (TPSA) is 171 Å². The third kappa shape index (κ3) is 8.50. The number of aliphatic hydroxyl groups excluding tert-OH is 1. The minimum atomic E-state index is -1.19. The quantitative estimate of drug-likeness (QED) is 0.235. The largest absolute Gasteiger partial charge is 0.480 e. The normalized spacial score (nSPS) is 16.5. The number of nitrogens with one attached hydrogen (secondary N) is 3. The summed E-state index contributed by atoms with van der Waals surface area (Å²) in [6.45, 7) is 4.07. The molecule has 0 saturated carbocycles. The van der Waals surface area contributed by atoms with Crippen molar-refractivity contribution in [3.8, 4) is 0 Å². The number of rotatable bonds is 11. The van der Waals surface area contributed by atoms with E-state index in [2.05, 4.69) is 16.0 Å². The number of carbonyl (C=O) groups excluding carboxylic acids is 3. The number of thioether (sulfide) groups is 1. The zero-order chi connectivity index (χ0) is 20.4. The van der Waals surface area contributed by atoms with Gasteiger partial charge in [0.1, 0.15) is 24.2 Å². The van der Waals surface area contributed by atoms with Crippen molar-refractivity contribution in [2.75, 3.05) is 12.0 Å². The molecule has 0 heterocycles. The second-order valence-corrected chi connectivity index (χ2v) is 6.89. The number of carboxylic acid groups (broad SMARTS) is 1. The Balaban J connectivity index is 4.87. The molecule has 0 bridgehead atoms. The van der Waals surface area contributed by atoms with Gasteiger partial charge in [0.2, 0.25) is 17.7 Å². The lowest BCUT2D eigenvalue weighted by Gasteiger charge is -2.23. The first-order valence-electron chi connectivity index (χ1n) is 8.07. The molecule has 0 aromatic rings. The third-order valence-electron chi connectivity index (χ3n) is 3.55. The summed E-state index contributed by atoms with van der Waals surface area (Å²) in [7, 11) is 0. The zero-order valence-electron chi connectivity index (χ0n) is 15.3. The number of carboxylic acids is 1. The van der Waals surface area contributed by atoms with Crippen molar-refractivity contribution >= 4 is 35.5 Å². The molecule has 7 N–H and O–H groups in total. The Bertz CT molecular complexity index is 516. The van der Waals surface area contributed by atoms with E-state index in [1.165, 1.54) is 32.5 Å². The van der Waals surface area contributed by atoms with Crippen molar-refractivity contribution < 1.29 is 29.4 Å². The van der Waals surface area contributed by atoms with Crippen LogP contribution in [0.25, 0.3) is 0 Å². The highest BCUT2D eigenvalue weighted by Gasteiger charge is 2.27. The second kappa shape index (κ2) is 11.7. The van der Waals surface area contributed by atoms with Crippen LogP contribution < -0.4 is 21.7 Å². The first-order valence-corrected chi connectivity index (χ1v) is 9.47. The molecule has 0 rings (SSSR count). The molecule has 150 valence electrons. The SMILES string of the molecule is CSCC[C@H](NC(=O)[C@H](C)NC(=O)[C@@H](N)[C@@H](C)O)C(=O)N[C@@H](C)C(=O)O. The van der Waals surface area contributed by atoms with Gasteiger partial charge >= 0.3 is 5.97 Å². The smallest absolute Gasteiger partial charge is 0.325 e. The summed E-state index contributed by atoms with van der Waals surface area (Å²) in [5.74, 6) is -2.58. The molecule has 0 fully saturated rings. The number of aliphatic carboxylic acids is 1. The molecular weight excluding hydrogens is 364 g/mol. The van der Waals surface area contributed by atoms with Gasteiger partial charge in [0, 0.05) is 0 Å². The van der Waals surface area contributed by atoms with E-state index < -0.39 is 54.0 Å². The molecule has 0 radical (unpaired) electrons. The maximum absolute atomic E-state index is 12.2. The van der Waals surface area contributed by atoms with Crippen molar-refractivity contribution in [1.82, 2.24) is 16.0 Å². The molecule has 0 aliphatic rings. The van der Waals surface area contributed by atoms with Crippen LogP contribution in [0, 0.1) is 0 Å². The van der Waals surface area contributed by atoms with Crippen LogP contribution in [0.4, 0.5) is 0 Å². The Labute approximate surface area is 156 Å². The average molecular weight is 392 g/mol. The van der Waals surface area contributed by atoms with E-state index in [0.29, 0.717) is 12.2 Å². The highest BCUT2D eigenvalue weighted by molar-refractivity contribution is 7.98. The van der Waals surface area contributed by atoms with E-state index in [9.17, 15) is 24.3 Å². The Kier molecular flexibility index (Phi) is 10.9. The third-order valence-corrected chi connectivity index (χ3v) is 4.19. The summed E-state index contributed by atoms with van der Waals surface area (Å²) in [5, 5.41) is 25.3. The number of aliphatic hydroxyl groups is 1. The van der Waals surface area contributed by atoms with Gasteiger partial charge in [-0.3, -0.25) is 19.2 Å². The van der Waals surface area contributed by atoms with E-state index in [1.807, 2.05) is 6.26 Å². The van der Waals surface area contributed by atoms with Gasteiger partial charge in [-0.2, -0.15) is 11.8 Å². The van der Waals surface area contributed by atoms with E-state index in [1.54, 1.807) is 0 Å². The van der Waals surface area contributed by atoms with Crippen LogP contribution in [0.15, 0.2) is 0 Å². The Morgan fingerprint density at radius 3 is 1.96 bits per heavy atom. The first-order chi connectivity index (χ1) is 12.0. The Hall–Kier alpha value is -1.85. The van der Waals surface area contributed by atoms with E-state index in [4.69, 9.17) is 10.8 Å². The number of hydrogen-bond acceptors (Lipinski definition) is 7. The van der Waals surface area contributed by atoms with Crippen LogP contribution >= 0.6 is 11.8 Å². The van der Waals surface area contributed by atoms with Crippen molar-refractivity contribution in [2.24, 2.45) is 5.73 Å². The molecule has 0 aromatic carbocycles. The Morgan fingerprint density at radius 2 is 1.50 bits per heavy atom. The minimum Gasteiger partial charge on any atom is -0.480 e. The number of carbonyl (C=O) groups is 4. The lowest BCUT2D eigenvalue weighted by molar-refractivity contribution is -0.141. The van der Waals surface area contributed by atoms with Crippen molar-refractivity contribution in [3.05, 3.63) is 0 Å². The van der Waals surface area contributed by atoms with Gasteiger partial charge in [-0.25, -0.2) is 0 Å². The van der Waals surface area contributed by atoms with E-state index in [-0.39, 0.29) is 0 Å². The average Bonchev–Trinajstić information content (AvgIpc) is 2.56. The highest BCUT2D eigenvalue weighted by Crippen LogP contribution is 2.03. The molecule has 3 amide bonds. The fourth-order valence-corrected chi connectivity index (χ4v) is 2.24. The zero-order valence-corrected chi connectivity index (χ0v) is 16.1. The molecule has 26 heavy (non-hydrogen) atoms. The van der Waals surface area contributed by atoms with Crippen LogP contribution in [-0.2, 0) is 19.2 Å². The van der Waals surface area contributed by atoms with Gasteiger partial charge in [-0.05, 0) is 39.2 Å². The standard InChI is InChI=1S/C15H28N4O6S/c1-7(17-14(23)11(16)9(3)20)12(21)19-10(5-6-26-4)13(22)18-8(2)15(24)25/h7-11,20H,5-6,16H2,1-4H3,(H,17,23)(H,18,22)(H,19,21)(H,24,25)/t7-,8-,9+,10-,11-/m0/s1. The summed E-state index contributed by atoms with van der Waals surface area (Å²) in [6, 6.07) is -4.22. The van der Waals surface area contributed by atoms with Gasteiger partial charge in [0.05, 0.1) is 6.10 Å². The van der Waals surface area contributed by atoms with E-state index in [0.717, 1.165) is 0 Å². The summed E-state index contributed by atoms with van der Waals surface area (Å²) in [6.07, 6.45) is 1.04. The molecule has 0 saturated heterocycles. The predicted molar refractivity (Wildman–Crippen MR) is 97.4 cm³/mol. The van der Waals surface area contributed by atoms with Crippen LogP contribution in [-0.4, -0.2) is 76.2 Å². The highest BCUT2D eigenvalue weighted by atomic mass is 32.2. The maximum atomic E-state index is 12.2. The lowest BCUT2D eigenvalue weighted by Crippen LogP contribution is -2.57.